The van der Waals surface area contributed by atoms with Crippen molar-refractivity contribution in [2.45, 2.75) is 36.5 Å². The van der Waals surface area contributed by atoms with Gasteiger partial charge in [0.05, 0.1) is 0 Å². The maximum atomic E-state index is 11.5. The van der Waals surface area contributed by atoms with Crippen molar-refractivity contribution in [2.24, 2.45) is 0 Å². The molecule has 0 aromatic heterocycles. The average molecular weight is 303 g/mol. The van der Waals surface area contributed by atoms with Crippen LogP contribution in [0.15, 0.2) is 12.2 Å². The lowest BCUT2D eigenvalue weighted by Crippen LogP contribution is -2.53. The number of carbonyl (C=O) groups excluding carboxylic acids is 2. The summed E-state index contributed by atoms with van der Waals surface area (Å²) in [6.07, 6.45) is 1.58. The second-order valence-electron chi connectivity index (χ2n) is 4.89. The number of rotatable bonds is 3. The lowest BCUT2D eigenvalue weighted by molar-refractivity contribution is -0.142. The Kier molecular flexibility index (Phi) is 3.42. The van der Waals surface area contributed by atoms with Gasteiger partial charge in [0.2, 0.25) is 0 Å². The van der Waals surface area contributed by atoms with E-state index in [-0.39, 0.29) is 25.7 Å². The molecule has 2 amide bonds. The monoisotopic (exact) mass is 303 g/mol. The summed E-state index contributed by atoms with van der Waals surface area (Å²) in [5.74, 6) is -2.60. The van der Waals surface area contributed by atoms with Gasteiger partial charge >= 0.3 is 5.97 Å². The van der Waals surface area contributed by atoms with Gasteiger partial charge < -0.3 is 5.11 Å². The van der Waals surface area contributed by atoms with Crippen LogP contribution in [0.1, 0.15) is 25.7 Å². The van der Waals surface area contributed by atoms with E-state index < -0.39 is 38.7 Å². The summed E-state index contributed by atoms with van der Waals surface area (Å²) in [6.45, 7) is 0. The minimum Gasteiger partial charge on any atom is -0.480 e. The van der Waals surface area contributed by atoms with Crippen LogP contribution in [0.4, 0.5) is 0 Å². The Hall–Kier alpha value is -1.74. The van der Waals surface area contributed by atoms with Gasteiger partial charge in [-0.15, -0.1) is 0 Å². The number of hydrogen-bond acceptors (Lipinski definition) is 5. The predicted octanol–water partition coefficient (Wildman–Crippen LogP) is -0.435. The molecule has 0 saturated heterocycles. The third-order valence-corrected chi connectivity index (χ3v) is 5.43. The zero-order chi connectivity index (χ0) is 15.1. The van der Waals surface area contributed by atoms with E-state index in [1.165, 1.54) is 0 Å². The number of imide groups is 1. The Morgan fingerprint density at radius 3 is 2.00 bits per heavy atom. The first kappa shape index (κ1) is 14.7. The second kappa shape index (κ2) is 4.67. The summed E-state index contributed by atoms with van der Waals surface area (Å²) in [5, 5.41) is 9.08. The van der Waals surface area contributed by atoms with Crippen LogP contribution in [0.2, 0.25) is 0 Å². The van der Waals surface area contributed by atoms with Gasteiger partial charge in [-0.05, 0) is 25.7 Å². The molecule has 0 bridgehead atoms. The number of aliphatic carboxylic acids is 1. The van der Waals surface area contributed by atoms with Crippen molar-refractivity contribution in [1.29, 1.82) is 0 Å². The summed E-state index contributed by atoms with van der Waals surface area (Å²) in [5.41, 5.74) is 0. The predicted molar refractivity (Wildman–Crippen MR) is 65.2 cm³/mol. The molecule has 1 aliphatic carbocycles. The highest BCUT2D eigenvalue weighted by atomic mass is 32.2. The van der Waals surface area contributed by atoms with Crippen molar-refractivity contribution in [2.75, 3.05) is 0 Å². The Labute approximate surface area is 114 Å². The zero-order valence-corrected chi connectivity index (χ0v) is 11.2. The van der Waals surface area contributed by atoms with E-state index in [0.29, 0.717) is 0 Å². The first-order valence-electron chi connectivity index (χ1n) is 5.95. The molecule has 9 heteroatoms. The van der Waals surface area contributed by atoms with E-state index in [0.717, 1.165) is 17.1 Å². The molecular weight excluding hydrogens is 290 g/mol. The van der Waals surface area contributed by atoms with Crippen molar-refractivity contribution in [1.82, 2.24) is 4.90 Å². The molecule has 1 heterocycles. The van der Waals surface area contributed by atoms with Gasteiger partial charge in [-0.3, -0.25) is 23.8 Å². The van der Waals surface area contributed by atoms with Crippen LogP contribution in [0.3, 0.4) is 0 Å². The molecule has 20 heavy (non-hydrogen) atoms. The second-order valence-corrected chi connectivity index (χ2v) is 6.62. The molecule has 2 aliphatic rings. The zero-order valence-electron chi connectivity index (χ0n) is 10.4. The summed E-state index contributed by atoms with van der Waals surface area (Å²) in [4.78, 5) is 35.2. The van der Waals surface area contributed by atoms with E-state index in [4.69, 9.17) is 9.66 Å². The van der Waals surface area contributed by atoms with Gasteiger partial charge in [-0.1, -0.05) is 0 Å². The Balaban J connectivity index is 2.18. The molecular formula is C11H13NO7S. The Morgan fingerprint density at radius 1 is 1.20 bits per heavy atom. The molecule has 1 fully saturated rings. The van der Waals surface area contributed by atoms with E-state index >= 15 is 0 Å². The van der Waals surface area contributed by atoms with Crippen LogP contribution in [0.25, 0.3) is 0 Å². The molecule has 0 aromatic rings. The third kappa shape index (κ3) is 2.12. The molecule has 0 unspecified atom stereocenters. The SMILES string of the molecule is O=C1C=CC(=O)N1C1CCC(C(=O)O)(S(=O)(=O)O)CC1. The normalized spacial score (nSPS) is 30.9. The Bertz CT molecular complexity index is 580. The number of hydrogen-bond donors (Lipinski definition) is 2. The first-order chi connectivity index (χ1) is 9.19. The fraction of sp³-hybridized carbons (Fsp3) is 0.545. The van der Waals surface area contributed by atoms with Crippen molar-refractivity contribution < 1.29 is 32.5 Å². The highest BCUT2D eigenvalue weighted by Crippen LogP contribution is 2.37. The maximum absolute atomic E-state index is 11.5. The lowest BCUT2D eigenvalue weighted by Gasteiger charge is -2.37. The molecule has 0 aromatic carbocycles. The van der Waals surface area contributed by atoms with E-state index in [2.05, 4.69) is 0 Å². The summed E-state index contributed by atoms with van der Waals surface area (Å²) in [7, 11) is -4.76. The van der Waals surface area contributed by atoms with Crippen molar-refractivity contribution in [3.05, 3.63) is 12.2 Å². The van der Waals surface area contributed by atoms with E-state index in [1.54, 1.807) is 0 Å². The number of carboxylic acid groups (broad SMARTS) is 1. The minimum atomic E-state index is -4.76. The van der Waals surface area contributed by atoms with Gasteiger partial charge in [0, 0.05) is 18.2 Å². The molecule has 2 N–H and O–H groups in total. The van der Waals surface area contributed by atoms with Crippen LogP contribution in [0, 0.1) is 0 Å². The largest absolute Gasteiger partial charge is 0.480 e. The standard InChI is InChI=1S/C11H13NO7S/c13-8-1-2-9(14)12(8)7-3-5-11(6-4-7,10(15)16)20(17,18)19/h1-2,7H,3-6H2,(H,15,16)(H,17,18,19). The molecule has 2 rings (SSSR count). The molecule has 1 saturated carbocycles. The summed E-state index contributed by atoms with van der Waals surface area (Å²) in [6, 6.07) is -0.542. The lowest BCUT2D eigenvalue weighted by atomic mass is 9.84. The number of carboxylic acids is 1. The molecule has 0 radical (unpaired) electrons. The van der Waals surface area contributed by atoms with E-state index in [1.807, 2.05) is 0 Å². The third-order valence-electron chi connectivity index (χ3n) is 3.85. The topological polar surface area (TPSA) is 129 Å². The van der Waals surface area contributed by atoms with Crippen LogP contribution in [0.5, 0.6) is 0 Å². The first-order valence-corrected chi connectivity index (χ1v) is 7.39. The minimum absolute atomic E-state index is 0.0191. The van der Waals surface area contributed by atoms with Crippen LogP contribution < -0.4 is 0 Å². The number of carbonyl (C=O) groups is 3. The molecule has 0 atom stereocenters. The fourth-order valence-electron chi connectivity index (χ4n) is 2.68. The number of nitrogens with zero attached hydrogens (tertiary/aromatic N) is 1. The van der Waals surface area contributed by atoms with Crippen LogP contribution in [-0.4, -0.2) is 51.5 Å². The number of amides is 2. The molecule has 1 aliphatic heterocycles. The smallest absolute Gasteiger partial charge is 0.327 e. The van der Waals surface area contributed by atoms with Gasteiger partial charge in [0.1, 0.15) is 0 Å². The van der Waals surface area contributed by atoms with Gasteiger partial charge in [-0.25, -0.2) is 0 Å². The maximum Gasteiger partial charge on any atom is 0.327 e. The molecule has 8 nitrogen and oxygen atoms in total. The van der Waals surface area contributed by atoms with Crippen molar-refractivity contribution >= 4 is 27.9 Å². The Morgan fingerprint density at radius 2 is 1.65 bits per heavy atom. The summed E-state index contributed by atoms with van der Waals surface area (Å²) < 4.78 is 29.5. The van der Waals surface area contributed by atoms with E-state index in [9.17, 15) is 22.8 Å². The van der Waals surface area contributed by atoms with Crippen molar-refractivity contribution in [3.8, 4) is 0 Å². The van der Waals surface area contributed by atoms with Crippen LogP contribution in [-0.2, 0) is 24.5 Å². The highest BCUT2D eigenvalue weighted by Gasteiger charge is 2.53. The van der Waals surface area contributed by atoms with Gasteiger partial charge in [0.25, 0.3) is 21.9 Å². The highest BCUT2D eigenvalue weighted by molar-refractivity contribution is 7.88. The molecule has 0 spiro atoms. The average Bonchev–Trinajstić information content (AvgIpc) is 2.67. The summed E-state index contributed by atoms with van der Waals surface area (Å²) >= 11 is 0. The van der Waals surface area contributed by atoms with Crippen LogP contribution >= 0.6 is 0 Å². The van der Waals surface area contributed by atoms with Gasteiger partial charge in [0.15, 0.2) is 4.75 Å². The van der Waals surface area contributed by atoms with Gasteiger partial charge in [-0.2, -0.15) is 8.42 Å². The van der Waals surface area contributed by atoms with Crippen molar-refractivity contribution in [3.63, 3.8) is 0 Å². The quantitative estimate of drug-likeness (QED) is 0.534. The fourth-order valence-corrected chi connectivity index (χ4v) is 3.65. The molecule has 110 valence electrons.